The summed E-state index contributed by atoms with van der Waals surface area (Å²) in [5.41, 5.74) is 1.51. The lowest BCUT2D eigenvalue weighted by atomic mass is 10.1. The van der Waals surface area contributed by atoms with Crippen LogP contribution in [0, 0.1) is 5.92 Å². The highest BCUT2D eigenvalue weighted by molar-refractivity contribution is 6.00. The summed E-state index contributed by atoms with van der Waals surface area (Å²) >= 11 is 0. The molecule has 1 N–H and O–H groups in total. The summed E-state index contributed by atoms with van der Waals surface area (Å²) < 4.78 is 1.85. The number of nitrogens with zero attached hydrogens (tertiary/aromatic N) is 3. The van der Waals surface area contributed by atoms with Crippen LogP contribution in [-0.2, 0) is 0 Å². The van der Waals surface area contributed by atoms with E-state index in [1.807, 2.05) is 10.7 Å². The highest BCUT2D eigenvalue weighted by atomic mass is 16.4. The molecule has 1 aliphatic carbocycles. The van der Waals surface area contributed by atoms with Crippen molar-refractivity contribution >= 4 is 17.0 Å². The van der Waals surface area contributed by atoms with Crippen LogP contribution in [0.1, 0.15) is 36.2 Å². The second-order valence-corrected chi connectivity index (χ2v) is 4.59. The van der Waals surface area contributed by atoms with E-state index < -0.39 is 5.97 Å². The number of carboxylic acid groups (broad SMARTS) is 1. The molecule has 1 aliphatic rings. The van der Waals surface area contributed by atoms with Crippen LogP contribution in [0.2, 0.25) is 0 Å². The van der Waals surface area contributed by atoms with E-state index in [1.165, 1.54) is 12.8 Å². The summed E-state index contributed by atoms with van der Waals surface area (Å²) in [7, 11) is 0. The second kappa shape index (κ2) is 3.55. The van der Waals surface area contributed by atoms with E-state index in [-0.39, 0.29) is 5.56 Å². The molecule has 17 heavy (non-hydrogen) atoms. The van der Waals surface area contributed by atoms with Crippen molar-refractivity contribution in [2.24, 2.45) is 5.92 Å². The zero-order valence-corrected chi connectivity index (χ0v) is 9.50. The predicted molar refractivity (Wildman–Crippen MR) is 61.9 cm³/mol. The lowest BCUT2D eigenvalue weighted by molar-refractivity contribution is 0.0699. The normalized spacial score (nSPS) is 17.2. The van der Waals surface area contributed by atoms with E-state index in [9.17, 15) is 4.79 Å². The molecule has 1 atom stereocenters. The SMILES string of the molecule is CC(C1CC1)n1nnc2c(C(=O)O)cccc21. The minimum absolute atomic E-state index is 0.219. The number of benzene rings is 1. The first-order valence-corrected chi connectivity index (χ1v) is 5.75. The van der Waals surface area contributed by atoms with Crippen LogP contribution in [0.15, 0.2) is 18.2 Å². The molecular formula is C12H13N3O2. The van der Waals surface area contributed by atoms with Gasteiger partial charge in [-0.25, -0.2) is 9.48 Å². The first kappa shape index (κ1) is 10.3. The van der Waals surface area contributed by atoms with Gasteiger partial charge in [-0.15, -0.1) is 5.10 Å². The fourth-order valence-electron chi connectivity index (χ4n) is 2.21. The van der Waals surface area contributed by atoms with Crippen LogP contribution >= 0.6 is 0 Å². The van der Waals surface area contributed by atoms with Crippen molar-refractivity contribution in [3.05, 3.63) is 23.8 Å². The molecule has 0 amide bonds. The highest BCUT2D eigenvalue weighted by Crippen LogP contribution is 2.40. The molecule has 88 valence electrons. The van der Waals surface area contributed by atoms with Gasteiger partial charge in [0.2, 0.25) is 0 Å². The van der Waals surface area contributed by atoms with Crippen molar-refractivity contribution in [1.82, 2.24) is 15.0 Å². The number of carbonyl (C=O) groups is 1. The molecule has 1 saturated carbocycles. The van der Waals surface area contributed by atoms with Gasteiger partial charge in [0, 0.05) is 0 Å². The molecule has 1 unspecified atom stereocenters. The predicted octanol–water partition coefficient (Wildman–Crippen LogP) is 2.10. The van der Waals surface area contributed by atoms with Crippen molar-refractivity contribution in [2.45, 2.75) is 25.8 Å². The molecule has 0 aliphatic heterocycles. The standard InChI is InChI=1S/C12H13N3O2/c1-7(8-5-6-8)15-10-4-2-3-9(12(16)17)11(10)13-14-15/h2-4,7-8H,5-6H2,1H3,(H,16,17). The van der Waals surface area contributed by atoms with Gasteiger partial charge in [0.25, 0.3) is 0 Å². The van der Waals surface area contributed by atoms with Crippen molar-refractivity contribution in [3.63, 3.8) is 0 Å². The minimum atomic E-state index is -0.957. The van der Waals surface area contributed by atoms with E-state index in [1.54, 1.807) is 12.1 Å². The fourth-order valence-corrected chi connectivity index (χ4v) is 2.21. The van der Waals surface area contributed by atoms with Crippen LogP contribution in [0.25, 0.3) is 11.0 Å². The molecule has 1 aromatic heterocycles. The summed E-state index contributed by atoms with van der Waals surface area (Å²) in [5.74, 6) is -0.296. The Hall–Kier alpha value is -1.91. The molecule has 5 nitrogen and oxygen atoms in total. The van der Waals surface area contributed by atoms with Crippen molar-refractivity contribution < 1.29 is 9.90 Å². The molecule has 0 radical (unpaired) electrons. The quantitative estimate of drug-likeness (QED) is 0.878. The van der Waals surface area contributed by atoms with Gasteiger partial charge < -0.3 is 5.11 Å². The summed E-state index contributed by atoms with van der Waals surface area (Å²) in [4.78, 5) is 11.1. The molecule has 3 rings (SSSR count). The van der Waals surface area contributed by atoms with E-state index in [0.29, 0.717) is 17.5 Å². The Labute approximate surface area is 98.0 Å². The molecule has 0 spiro atoms. The summed E-state index contributed by atoms with van der Waals surface area (Å²) in [6.07, 6.45) is 2.45. The molecule has 5 heteroatoms. The zero-order valence-electron chi connectivity index (χ0n) is 9.50. The second-order valence-electron chi connectivity index (χ2n) is 4.59. The van der Waals surface area contributed by atoms with Gasteiger partial charge in [0.05, 0.1) is 17.1 Å². The first-order chi connectivity index (χ1) is 8.18. The maximum atomic E-state index is 11.1. The van der Waals surface area contributed by atoms with Crippen LogP contribution in [0.3, 0.4) is 0 Å². The number of hydrogen-bond acceptors (Lipinski definition) is 3. The Bertz CT molecular complexity index is 586. The van der Waals surface area contributed by atoms with E-state index >= 15 is 0 Å². The molecule has 1 fully saturated rings. The Morgan fingerprint density at radius 2 is 2.29 bits per heavy atom. The lowest BCUT2D eigenvalue weighted by Gasteiger charge is -2.10. The van der Waals surface area contributed by atoms with Crippen LogP contribution < -0.4 is 0 Å². The Balaban J connectivity index is 2.15. The van der Waals surface area contributed by atoms with Crippen LogP contribution in [0.4, 0.5) is 0 Å². The largest absolute Gasteiger partial charge is 0.478 e. The van der Waals surface area contributed by atoms with Gasteiger partial charge >= 0.3 is 5.97 Å². The molecule has 0 saturated heterocycles. The van der Waals surface area contributed by atoms with Crippen molar-refractivity contribution in [1.29, 1.82) is 0 Å². The first-order valence-electron chi connectivity index (χ1n) is 5.75. The third-order valence-corrected chi connectivity index (χ3v) is 3.42. The maximum Gasteiger partial charge on any atom is 0.338 e. The number of fused-ring (bicyclic) bond motifs is 1. The smallest absolute Gasteiger partial charge is 0.338 e. The van der Waals surface area contributed by atoms with Crippen molar-refractivity contribution in [2.75, 3.05) is 0 Å². The molecule has 0 bridgehead atoms. The van der Waals surface area contributed by atoms with Gasteiger partial charge in [-0.2, -0.15) is 0 Å². The molecule has 1 heterocycles. The van der Waals surface area contributed by atoms with E-state index in [0.717, 1.165) is 5.52 Å². The number of aromatic nitrogens is 3. The zero-order chi connectivity index (χ0) is 12.0. The van der Waals surface area contributed by atoms with E-state index in [4.69, 9.17) is 5.11 Å². The number of hydrogen-bond donors (Lipinski definition) is 1. The lowest BCUT2D eigenvalue weighted by Crippen LogP contribution is -2.08. The molecule has 2 aromatic rings. The van der Waals surface area contributed by atoms with E-state index in [2.05, 4.69) is 17.2 Å². The molecule has 1 aromatic carbocycles. The highest BCUT2D eigenvalue weighted by Gasteiger charge is 2.31. The monoisotopic (exact) mass is 231 g/mol. The third-order valence-electron chi connectivity index (χ3n) is 3.42. The maximum absolute atomic E-state index is 11.1. The number of aromatic carboxylic acids is 1. The Morgan fingerprint density at radius 1 is 1.53 bits per heavy atom. The van der Waals surface area contributed by atoms with Gasteiger partial charge in [-0.05, 0) is 37.8 Å². The van der Waals surface area contributed by atoms with Crippen molar-refractivity contribution in [3.8, 4) is 0 Å². The van der Waals surface area contributed by atoms with Gasteiger partial charge in [-0.1, -0.05) is 11.3 Å². The summed E-state index contributed by atoms with van der Waals surface area (Å²) in [6.45, 7) is 2.11. The number of carboxylic acids is 1. The number of rotatable bonds is 3. The third kappa shape index (κ3) is 1.58. The topological polar surface area (TPSA) is 68.0 Å². The summed E-state index contributed by atoms with van der Waals surface area (Å²) in [5, 5.41) is 17.2. The van der Waals surface area contributed by atoms with Gasteiger partial charge in [-0.3, -0.25) is 0 Å². The fraction of sp³-hybridized carbons (Fsp3) is 0.417. The van der Waals surface area contributed by atoms with Gasteiger partial charge in [0.1, 0.15) is 5.52 Å². The molecular weight excluding hydrogens is 218 g/mol. The van der Waals surface area contributed by atoms with Crippen LogP contribution in [-0.4, -0.2) is 26.1 Å². The average Bonchev–Trinajstić information content (AvgIpc) is 3.07. The Kier molecular flexibility index (Phi) is 2.14. The Morgan fingerprint density at radius 3 is 2.94 bits per heavy atom. The van der Waals surface area contributed by atoms with Gasteiger partial charge in [0.15, 0.2) is 0 Å². The van der Waals surface area contributed by atoms with Crippen LogP contribution in [0.5, 0.6) is 0 Å². The average molecular weight is 231 g/mol. The minimum Gasteiger partial charge on any atom is -0.478 e. The summed E-state index contributed by atoms with van der Waals surface area (Å²) in [6, 6.07) is 5.47.